The summed E-state index contributed by atoms with van der Waals surface area (Å²) >= 11 is 1.46. The maximum absolute atomic E-state index is 11.9. The number of halogens is 1. The Hall–Kier alpha value is -0.730. The predicted molar refractivity (Wildman–Crippen MR) is 124 cm³/mol. The van der Waals surface area contributed by atoms with Crippen LogP contribution in [0.5, 0.6) is 0 Å². The molecule has 0 aliphatic carbocycles. The minimum atomic E-state index is -3.15. The number of nitrogens with zero attached hydrogens (tertiary/aromatic N) is 6. The SMILES string of the molecule is CCc1nsc(N2CCN(C(=NC)NC[C@H]3CCCN3S(C)(=O)=O)CC2)n1.I. The Labute approximate surface area is 188 Å². The van der Waals surface area contributed by atoms with Crippen LogP contribution in [-0.2, 0) is 16.4 Å². The van der Waals surface area contributed by atoms with Crippen molar-refractivity contribution in [3.05, 3.63) is 5.82 Å². The Balaban J connectivity index is 0.00000280. The van der Waals surface area contributed by atoms with Gasteiger partial charge in [-0.2, -0.15) is 8.68 Å². The van der Waals surface area contributed by atoms with Crippen molar-refractivity contribution in [2.24, 2.45) is 4.99 Å². The lowest BCUT2D eigenvalue weighted by Crippen LogP contribution is -2.54. The fraction of sp³-hybridized carbons (Fsp3) is 0.812. The van der Waals surface area contributed by atoms with E-state index < -0.39 is 10.0 Å². The molecule has 0 bridgehead atoms. The number of aryl methyl sites for hydroxylation is 1. The van der Waals surface area contributed by atoms with Crippen molar-refractivity contribution in [1.29, 1.82) is 0 Å². The number of nitrogens with one attached hydrogen (secondary N) is 1. The molecule has 2 aliphatic rings. The molecule has 0 saturated carbocycles. The predicted octanol–water partition coefficient (Wildman–Crippen LogP) is 0.840. The molecule has 28 heavy (non-hydrogen) atoms. The Bertz CT molecular complexity index is 763. The molecule has 2 saturated heterocycles. The third-order valence-electron chi connectivity index (χ3n) is 5.08. The number of sulfonamides is 1. The largest absolute Gasteiger partial charge is 0.355 e. The van der Waals surface area contributed by atoms with E-state index in [-0.39, 0.29) is 30.0 Å². The van der Waals surface area contributed by atoms with Gasteiger partial charge in [0.25, 0.3) is 0 Å². The summed E-state index contributed by atoms with van der Waals surface area (Å²) in [5.41, 5.74) is 0. The molecular weight excluding hydrogens is 513 g/mol. The van der Waals surface area contributed by atoms with Crippen LogP contribution in [-0.4, -0.2) is 91.6 Å². The number of rotatable bonds is 5. The molecule has 0 unspecified atom stereocenters. The van der Waals surface area contributed by atoms with Crippen molar-refractivity contribution in [2.45, 2.75) is 32.2 Å². The zero-order valence-electron chi connectivity index (χ0n) is 16.7. The Kier molecular flexibility index (Phi) is 8.70. The molecule has 3 heterocycles. The van der Waals surface area contributed by atoms with Crippen LogP contribution in [0.3, 0.4) is 0 Å². The number of piperazine rings is 1. The van der Waals surface area contributed by atoms with Crippen molar-refractivity contribution >= 4 is 56.6 Å². The highest BCUT2D eigenvalue weighted by atomic mass is 127. The van der Waals surface area contributed by atoms with E-state index in [0.717, 1.165) is 62.4 Å². The van der Waals surface area contributed by atoms with Gasteiger partial charge in [0.1, 0.15) is 5.82 Å². The molecule has 12 heteroatoms. The molecule has 1 aromatic heterocycles. The molecule has 0 amide bonds. The molecule has 160 valence electrons. The van der Waals surface area contributed by atoms with Crippen LogP contribution in [0.25, 0.3) is 0 Å². The molecule has 0 aromatic carbocycles. The minimum absolute atomic E-state index is 0. The van der Waals surface area contributed by atoms with Gasteiger partial charge in [0.15, 0.2) is 5.96 Å². The normalized spacial score (nSPS) is 21.7. The van der Waals surface area contributed by atoms with E-state index in [1.807, 2.05) is 0 Å². The fourth-order valence-corrected chi connectivity index (χ4v) is 5.60. The highest BCUT2D eigenvalue weighted by molar-refractivity contribution is 14.0. The van der Waals surface area contributed by atoms with Crippen LogP contribution in [0.15, 0.2) is 4.99 Å². The second-order valence-electron chi connectivity index (χ2n) is 6.92. The highest BCUT2D eigenvalue weighted by Gasteiger charge is 2.31. The number of hydrogen-bond donors (Lipinski definition) is 1. The van der Waals surface area contributed by atoms with E-state index in [9.17, 15) is 8.42 Å². The van der Waals surface area contributed by atoms with Crippen LogP contribution in [0, 0.1) is 0 Å². The number of aliphatic imine (C=N–C) groups is 1. The highest BCUT2D eigenvalue weighted by Crippen LogP contribution is 2.21. The average Bonchev–Trinajstić information content (AvgIpc) is 3.32. The van der Waals surface area contributed by atoms with Gasteiger partial charge in [0.2, 0.25) is 15.2 Å². The van der Waals surface area contributed by atoms with Crippen LogP contribution < -0.4 is 10.2 Å². The summed E-state index contributed by atoms with van der Waals surface area (Å²) in [5.74, 6) is 1.74. The molecule has 1 atom stereocenters. The van der Waals surface area contributed by atoms with Crippen LogP contribution in [0.1, 0.15) is 25.6 Å². The lowest BCUT2D eigenvalue weighted by atomic mass is 10.2. The summed E-state index contributed by atoms with van der Waals surface area (Å²) in [6.45, 7) is 6.72. The molecular formula is C16H30IN7O2S2. The van der Waals surface area contributed by atoms with Crippen molar-refractivity contribution in [2.75, 3.05) is 57.5 Å². The second-order valence-corrected chi connectivity index (χ2v) is 9.58. The zero-order chi connectivity index (χ0) is 19.4. The summed E-state index contributed by atoms with van der Waals surface area (Å²) in [6.07, 6.45) is 3.95. The summed E-state index contributed by atoms with van der Waals surface area (Å²) in [6, 6.07) is 0.00639. The molecule has 1 N–H and O–H groups in total. The summed E-state index contributed by atoms with van der Waals surface area (Å²) in [4.78, 5) is 13.5. The zero-order valence-corrected chi connectivity index (χ0v) is 20.6. The summed E-state index contributed by atoms with van der Waals surface area (Å²) in [5, 5.41) is 4.37. The van der Waals surface area contributed by atoms with Gasteiger partial charge in [-0.15, -0.1) is 24.0 Å². The first-order valence-electron chi connectivity index (χ1n) is 9.42. The van der Waals surface area contributed by atoms with E-state index in [4.69, 9.17) is 0 Å². The number of hydrogen-bond acceptors (Lipinski definition) is 7. The number of guanidine groups is 1. The van der Waals surface area contributed by atoms with Gasteiger partial charge < -0.3 is 15.1 Å². The van der Waals surface area contributed by atoms with Gasteiger partial charge in [0.05, 0.1) is 6.26 Å². The quantitative estimate of drug-likeness (QED) is 0.334. The van der Waals surface area contributed by atoms with E-state index in [1.54, 1.807) is 11.4 Å². The lowest BCUT2D eigenvalue weighted by Gasteiger charge is -2.36. The van der Waals surface area contributed by atoms with E-state index >= 15 is 0 Å². The van der Waals surface area contributed by atoms with Gasteiger partial charge >= 0.3 is 0 Å². The number of aromatic nitrogens is 2. The third-order valence-corrected chi connectivity index (χ3v) is 7.23. The Morgan fingerprint density at radius 3 is 2.57 bits per heavy atom. The van der Waals surface area contributed by atoms with Crippen molar-refractivity contribution in [3.8, 4) is 0 Å². The smallest absolute Gasteiger partial charge is 0.211 e. The first-order chi connectivity index (χ1) is 12.9. The standard InChI is InChI=1S/C16H29N7O2S2.HI/c1-4-14-19-16(26-20-14)22-10-8-21(9-11-22)15(17-2)18-12-13-6-5-7-23(13)27(3,24)25;/h13H,4-12H2,1-3H3,(H,17,18);1H/t13-;/m1./s1. The van der Waals surface area contributed by atoms with Gasteiger partial charge in [-0.25, -0.2) is 13.4 Å². The Morgan fingerprint density at radius 2 is 2.00 bits per heavy atom. The van der Waals surface area contributed by atoms with Gasteiger partial charge in [-0.05, 0) is 12.8 Å². The van der Waals surface area contributed by atoms with Crippen LogP contribution >= 0.6 is 35.5 Å². The van der Waals surface area contributed by atoms with E-state index in [1.165, 1.54) is 17.8 Å². The molecule has 2 fully saturated rings. The van der Waals surface area contributed by atoms with Crippen LogP contribution in [0.2, 0.25) is 0 Å². The monoisotopic (exact) mass is 543 g/mol. The molecule has 3 rings (SSSR count). The van der Waals surface area contributed by atoms with E-state index in [0.29, 0.717) is 13.1 Å². The van der Waals surface area contributed by atoms with Crippen molar-refractivity contribution < 1.29 is 8.42 Å². The maximum Gasteiger partial charge on any atom is 0.211 e. The van der Waals surface area contributed by atoms with Gasteiger partial charge in [0, 0.05) is 70.3 Å². The Morgan fingerprint density at radius 1 is 1.29 bits per heavy atom. The molecule has 0 spiro atoms. The minimum Gasteiger partial charge on any atom is -0.355 e. The van der Waals surface area contributed by atoms with Gasteiger partial charge in [-0.3, -0.25) is 4.99 Å². The molecule has 2 aliphatic heterocycles. The second kappa shape index (κ2) is 10.3. The van der Waals surface area contributed by atoms with Crippen molar-refractivity contribution in [3.63, 3.8) is 0 Å². The lowest BCUT2D eigenvalue weighted by molar-refractivity contribution is 0.355. The first kappa shape index (κ1) is 23.5. The summed E-state index contributed by atoms with van der Waals surface area (Å²) < 4.78 is 29.8. The van der Waals surface area contributed by atoms with E-state index in [2.05, 4.69) is 36.4 Å². The first-order valence-corrected chi connectivity index (χ1v) is 12.0. The molecule has 1 aromatic rings. The average molecular weight is 544 g/mol. The maximum atomic E-state index is 11.9. The topological polar surface area (TPSA) is 94.0 Å². The third kappa shape index (κ3) is 5.66. The van der Waals surface area contributed by atoms with Gasteiger partial charge in [-0.1, -0.05) is 6.92 Å². The molecule has 9 nitrogen and oxygen atoms in total. The number of anilines is 1. The van der Waals surface area contributed by atoms with Crippen LogP contribution in [0.4, 0.5) is 5.13 Å². The summed E-state index contributed by atoms with van der Waals surface area (Å²) in [7, 11) is -1.37. The fourth-order valence-electron chi connectivity index (χ4n) is 3.62. The van der Waals surface area contributed by atoms with Crippen molar-refractivity contribution in [1.82, 2.24) is 23.9 Å². The molecule has 0 radical (unpaired) electrons.